The molecule has 1 atom stereocenters. The number of anilines is 2. The van der Waals surface area contributed by atoms with Gasteiger partial charge in [-0.25, -0.2) is 13.8 Å². The lowest BCUT2D eigenvalue weighted by molar-refractivity contribution is -0.124. The van der Waals surface area contributed by atoms with Crippen LogP contribution in [0.4, 0.5) is 20.2 Å². The van der Waals surface area contributed by atoms with Gasteiger partial charge in [-0.05, 0) is 54.7 Å². The van der Waals surface area contributed by atoms with Crippen LogP contribution in [0.15, 0.2) is 78.9 Å². The first kappa shape index (κ1) is 23.0. The molecular weight excluding hydrogens is 462 g/mol. The molecule has 7 nitrogen and oxygen atoms in total. The highest BCUT2D eigenvalue weighted by Crippen LogP contribution is 2.26. The molecule has 0 bridgehead atoms. The second-order valence-electron chi connectivity index (χ2n) is 7.36. The molecule has 4 rings (SSSR count). The molecule has 3 aromatic carbocycles. The van der Waals surface area contributed by atoms with Crippen molar-refractivity contribution in [1.29, 1.82) is 0 Å². The van der Waals surface area contributed by atoms with Gasteiger partial charge >= 0.3 is 0 Å². The molecule has 172 valence electrons. The lowest BCUT2D eigenvalue weighted by Gasteiger charge is -2.24. The molecule has 1 aliphatic rings. The van der Waals surface area contributed by atoms with E-state index in [4.69, 9.17) is 12.2 Å². The fraction of sp³-hybridized carbons (Fsp3) is 0.0833. The number of thiocarbonyl (C=S) groups is 1. The van der Waals surface area contributed by atoms with Crippen LogP contribution in [-0.4, -0.2) is 33.9 Å². The normalized spacial score (nSPS) is 15.4. The zero-order chi connectivity index (χ0) is 24.2. The maximum absolute atomic E-state index is 13.9. The smallest absolute Gasteiger partial charge is 0.269 e. The van der Waals surface area contributed by atoms with Crippen molar-refractivity contribution in [2.24, 2.45) is 0 Å². The number of hydrogen-bond donors (Lipinski definition) is 2. The van der Waals surface area contributed by atoms with Crippen molar-refractivity contribution >= 4 is 46.4 Å². The molecule has 1 fully saturated rings. The van der Waals surface area contributed by atoms with E-state index in [0.29, 0.717) is 5.69 Å². The molecule has 3 aromatic rings. The number of carbonyl (C=O) groups excluding carboxylic acids is 3. The van der Waals surface area contributed by atoms with E-state index in [1.807, 2.05) is 0 Å². The predicted octanol–water partition coefficient (Wildman–Crippen LogP) is 3.64. The summed E-state index contributed by atoms with van der Waals surface area (Å²) in [6.07, 6.45) is -0.430. The van der Waals surface area contributed by atoms with Crippen molar-refractivity contribution < 1.29 is 23.2 Å². The molecule has 0 aromatic heterocycles. The van der Waals surface area contributed by atoms with E-state index < -0.39 is 41.8 Å². The molecular formula is C24H18F2N4O3S. The highest BCUT2D eigenvalue weighted by molar-refractivity contribution is 7.80. The van der Waals surface area contributed by atoms with Crippen molar-refractivity contribution in [3.8, 4) is 0 Å². The largest absolute Gasteiger partial charge is 0.324 e. The summed E-state index contributed by atoms with van der Waals surface area (Å²) in [5, 5.41) is 3.45. The van der Waals surface area contributed by atoms with Crippen LogP contribution >= 0.6 is 12.2 Å². The van der Waals surface area contributed by atoms with Gasteiger partial charge in [-0.2, -0.15) is 0 Å². The van der Waals surface area contributed by atoms with Gasteiger partial charge in [0.05, 0.1) is 17.8 Å². The molecule has 0 unspecified atom stereocenters. The Morgan fingerprint density at radius 3 is 2.35 bits per heavy atom. The minimum Gasteiger partial charge on any atom is -0.324 e. The Labute approximate surface area is 198 Å². The van der Waals surface area contributed by atoms with Crippen LogP contribution in [-0.2, 0) is 9.59 Å². The number of halogens is 2. The number of para-hydroxylation sites is 2. The Bertz CT molecular complexity index is 1270. The van der Waals surface area contributed by atoms with Gasteiger partial charge in [0.2, 0.25) is 11.0 Å². The van der Waals surface area contributed by atoms with Gasteiger partial charge in [0, 0.05) is 5.56 Å². The monoisotopic (exact) mass is 480 g/mol. The average molecular weight is 480 g/mol. The van der Waals surface area contributed by atoms with Crippen molar-refractivity contribution in [1.82, 2.24) is 10.4 Å². The second-order valence-corrected chi connectivity index (χ2v) is 7.73. The zero-order valence-corrected chi connectivity index (χ0v) is 18.4. The molecule has 0 saturated carbocycles. The molecule has 34 heavy (non-hydrogen) atoms. The Morgan fingerprint density at radius 1 is 0.941 bits per heavy atom. The van der Waals surface area contributed by atoms with Crippen LogP contribution in [0.2, 0.25) is 0 Å². The van der Waals surface area contributed by atoms with Gasteiger partial charge in [0.15, 0.2) is 0 Å². The first-order chi connectivity index (χ1) is 16.3. The van der Waals surface area contributed by atoms with E-state index in [1.165, 1.54) is 41.3 Å². The Kier molecular flexibility index (Phi) is 6.60. The number of nitrogens with zero attached hydrogens (tertiary/aromatic N) is 2. The number of hydrazine groups is 1. The number of carbonyl (C=O) groups is 3. The summed E-state index contributed by atoms with van der Waals surface area (Å²) in [5.74, 6) is -3.18. The third kappa shape index (κ3) is 4.76. The van der Waals surface area contributed by atoms with Gasteiger partial charge in [0.1, 0.15) is 17.7 Å². The summed E-state index contributed by atoms with van der Waals surface area (Å²) in [7, 11) is 0. The highest BCUT2D eigenvalue weighted by atomic mass is 32.1. The number of benzene rings is 3. The van der Waals surface area contributed by atoms with Crippen LogP contribution in [0.25, 0.3) is 0 Å². The molecule has 0 aliphatic carbocycles. The van der Waals surface area contributed by atoms with Crippen molar-refractivity contribution in [2.75, 3.05) is 10.2 Å². The van der Waals surface area contributed by atoms with Crippen LogP contribution < -0.4 is 15.6 Å². The molecule has 0 spiro atoms. The van der Waals surface area contributed by atoms with Crippen LogP contribution in [0.5, 0.6) is 0 Å². The first-order valence-corrected chi connectivity index (χ1v) is 10.6. The molecule has 1 aliphatic heterocycles. The maximum atomic E-state index is 13.9. The molecule has 1 heterocycles. The van der Waals surface area contributed by atoms with Gasteiger partial charge < -0.3 is 5.32 Å². The number of amides is 3. The third-order valence-corrected chi connectivity index (χ3v) is 5.44. The van der Waals surface area contributed by atoms with Gasteiger partial charge in [-0.3, -0.25) is 24.7 Å². The molecule has 1 saturated heterocycles. The van der Waals surface area contributed by atoms with Crippen molar-refractivity contribution in [3.05, 3.63) is 96.1 Å². The van der Waals surface area contributed by atoms with E-state index in [1.54, 1.807) is 36.4 Å². The van der Waals surface area contributed by atoms with Crippen molar-refractivity contribution in [3.63, 3.8) is 0 Å². The SMILES string of the molecule is O=C(C[C@@H]1C(=O)N(c2ccccc2)C(=S)N1NC(=O)c1cccc(F)c1)Nc1ccccc1F. The summed E-state index contributed by atoms with van der Waals surface area (Å²) < 4.78 is 27.5. The topological polar surface area (TPSA) is 81.8 Å². The molecule has 3 amide bonds. The van der Waals surface area contributed by atoms with Gasteiger partial charge in [-0.1, -0.05) is 36.4 Å². The number of nitrogens with one attached hydrogen (secondary N) is 2. The molecule has 0 radical (unpaired) electrons. The fourth-order valence-electron chi connectivity index (χ4n) is 3.46. The summed E-state index contributed by atoms with van der Waals surface area (Å²) in [5.41, 5.74) is 2.90. The maximum Gasteiger partial charge on any atom is 0.269 e. The summed E-state index contributed by atoms with van der Waals surface area (Å²) in [6, 6.07) is 17.9. The summed E-state index contributed by atoms with van der Waals surface area (Å²) in [4.78, 5) is 39.9. The number of hydrogen-bond acceptors (Lipinski definition) is 4. The Hall–Kier alpha value is -4.18. The van der Waals surface area contributed by atoms with Crippen LogP contribution in [0.3, 0.4) is 0 Å². The highest BCUT2D eigenvalue weighted by Gasteiger charge is 2.45. The lowest BCUT2D eigenvalue weighted by atomic mass is 10.1. The van der Waals surface area contributed by atoms with Crippen LogP contribution in [0, 0.1) is 11.6 Å². The van der Waals surface area contributed by atoms with Gasteiger partial charge in [-0.15, -0.1) is 0 Å². The van der Waals surface area contributed by atoms with Crippen LogP contribution in [0.1, 0.15) is 16.8 Å². The minimum absolute atomic E-state index is 0.00275. The van der Waals surface area contributed by atoms with Crippen molar-refractivity contribution in [2.45, 2.75) is 12.5 Å². The van der Waals surface area contributed by atoms with Gasteiger partial charge in [0.25, 0.3) is 11.8 Å². The quantitative estimate of drug-likeness (QED) is 0.527. The first-order valence-electron chi connectivity index (χ1n) is 10.2. The second kappa shape index (κ2) is 9.75. The molecule has 2 N–H and O–H groups in total. The Morgan fingerprint density at radius 2 is 1.65 bits per heavy atom. The van der Waals surface area contributed by atoms with E-state index in [-0.39, 0.29) is 16.4 Å². The third-order valence-electron chi connectivity index (χ3n) is 5.06. The predicted molar refractivity (Wildman–Crippen MR) is 126 cm³/mol. The molecule has 10 heteroatoms. The van der Waals surface area contributed by atoms with E-state index >= 15 is 0 Å². The zero-order valence-electron chi connectivity index (χ0n) is 17.6. The standard InChI is InChI=1S/C24H18F2N4O3S/c25-16-8-6-7-15(13-16)22(32)28-30-20(14-21(31)27-19-12-5-4-11-18(19)26)23(33)29(24(30)34)17-9-2-1-3-10-17/h1-13,20H,14H2,(H,27,31)(H,28,32)/t20-/m1/s1. The van der Waals surface area contributed by atoms with E-state index in [0.717, 1.165) is 11.1 Å². The summed E-state index contributed by atoms with van der Waals surface area (Å²) in [6.45, 7) is 0. The fourth-order valence-corrected chi connectivity index (χ4v) is 3.83. The van der Waals surface area contributed by atoms with E-state index in [2.05, 4.69) is 10.7 Å². The summed E-state index contributed by atoms with van der Waals surface area (Å²) >= 11 is 5.45. The van der Waals surface area contributed by atoms with E-state index in [9.17, 15) is 23.2 Å². The minimum atomic E-state index is -1.21. The Balaban J connectivity index is 1.60. The lowest BCUT2D eigenvalue weighted by Crippen LogP contribution is -2.49. The average Bonchev–Trinajstić information content (AvgIpc) is 3.05. The number of rotatable bonds is 6.